The molecule has 2 heterocycles. The van der Waals surface area contributed by atoms with Crippen molar-refractivity contribution in [2.75, 3.05) is 19.6 Å². The first-order chi connectivity index (χ1) is 14.7. The number of rotatable bonds is 6. The van der Waals surface area contributed by atoms with Crippen LogP contribution in [0.25, 0.3) is 28.5 Å². The summed E-state index contributed by atoms with van der Waals surface area (Å²) < 4.78 is 2.40. The number of carbonyl (C=O) groups excluding carboxylic acids is 1. The second-order valence-electron chi connectivity index (χ2n) is 7.83. The molecule has 6 heteroatoms. The molecule has 6 nitrogen and oxygen atoms in total. The average Bonchev–Trinajstić information content (AvgIpc) is 3.18. The molecule has 0 bridgehead atoms. The molecular formula is C24H28N4O2. The average molecular weight is 405 g/mol. The number of hydroxylamine groups is 1. The summed E-state index contributed by atoms with van der Waals surface area (Å²) in [4.78, 5) is 18.9. The Morgan fingerprint density at radius 2 is 2.13 bits per heavy atom. The van der Waals surface area contributed by atoms with Gasteiger partial charge in [0, 0.05) is 24.2 Å². The third kappa shape index (κ3) is 4.30. The summed E-state index contributed by atoms with van der Waals surface area (Å²) >= 11 is 0. The van der Waals surface area contributed by atoms with Crippen molar-refractivity contribution in [3.8, 4) is 11.4 Å². The van der Waals surface area contributed by atoms with Crippen molar-refractivity contribution in [2.24, 2.45) is 0 Å². The number of benzene rings is 2. The lowest BCUT2D eigenvalue weighted by molar-refractivity contribution is -0.124. The Morgan fingerprint density at radius 1 is 1.27 bits per heavy atom. The van der Waals surface area contributed by atoms with Crippen LogP contribution in [0.3, 0.4) is 0 Å². The number of hydrogen-bond donors (Lipinski definition) is 2. The van der Waals surface area contributed by atoms with E-state index in [0.717, 1.165) is 47.5 Å². The predicted octanol–water partition coefficient (Wildman–Crippen LogP) is 4.27. The highest BCUT2D eigenvalue weighted by Gasteiger charge is 2.25. The Kier molecular flexibility index (Phi) is 6.26. The van der Waals surface area contributed by atoms with Crippen LogP contribution in [-0.4, -0.2) is 45.2 Å². The van der Waals surface area contributed by atoms with Crippen LogP contribution < -0.4 is 5.48 Å². The fourth-order valence-corrected chi connectivity index (χ4v) is 4.37. The van der Waals surface area contributed by atoms with Gasteiger partial charge in [0.1, 0.15) is 5.82 Å². The van der Waals surface area contributed by atoms with E-state index < -0.39 is 5.91 Å². The molecule has 1 saturated heterocycles. The molecule has 156 valence electrons. The van der Waals surface area contributed by atoms with Gasteiger partial charge in [-0.3, -0.25) is 10.0 Å². The van der Waals surface area contributed by atoms with Gasteiger partial charge in [0.15, 0.2) is 0 Å². The standard InChI is InChI=1S/C24H28N4O2/c1-2-14-27-15-6-9-20(17-27)28-22-11-4-3-10-21(22)25-24(28)19-8-5-7-18(16-19)12-13-23(29)26-30/h3-5,7-8,10-13,16,20,30H,2,6,9,14-15,17H2,1H3,(H,26,29). The Labute approximate surface area is 176 Å². The lowest BCUT2D eigenvalue weighted by Gasteiger charge is -2.34. The molecule has 0 spiro atoms. The molecule has 1 aromatic heterocycles. The zero-order chi connectivity index (χ0) is 20.9. The lowest BCUT2D eigenvalue weighted by Crippen LogP contribution is -2.37. The van der Waals surface area contributed by atoms with Gasteiger partial charge < -0.3 is 9.47 Å². The second kappa shape index (κ2) is 9.24. The number of carbonyl (C=O) groups is 1. The topological polar surface area (TPSA) is 70.4 Å². The first-order valence-corrected chi connectivity index (χ1v) is 10.6. The number of amides is 1. The van der Waals surface area contributed by atoms with Crippen molar-refractivity contribution >= 4 is 23.0 Å². The summed E-state index contributed by atoms with van der Waals surface area (Å²) in [7, 11) is 0. The molecule has 0 aliphatic carbocycles. The van der Waals surface area contributed by atoms with Crippen LogP contribution in [0.5, 0.6) is 0 Å². The molecule has 2 N–H and O–H groups in total. The third-order valence-electron chi connectivity index (χ3n) is 5.66. The van der Waals surface area contributed by atoms with Gasteiger partial charge in [-0.2, -0.15) is 0 Å². The highest BCUT2D eigenvalue weighted by Crippen LogP contribution is 2.33. The Bertz CT molecular complexity index is 1050. The monoisotopic (exact) mass is 404 g/mol. The van der Waals surface area contributed by atoms with E-state index in [4.69, 9.17) is 10.2 Å². The molecule has 3 aromatic rings. The van der Waals surface area contributed by atoms with E-state index in [-0.39, 0.29) is 0 Å². The molecule has 0 radical (unpaired) electrons. The SMILES string of the molecule is CCCN1CCCC(n2c(-c3cccc(C=CC(=O)NO)c3)nc3ccccc32)C1. The number of likely N-dealkylation sites (tertiary alicyclic amines) is 1. The number of hydrogen-bond acceptors (Lipinski definition) is 4. The normalized spacial score (nSPS) is 17.6. The number of nitrogens with one attached hydrogen (secondary N) is 1. The summed E-state index contributed by atoms with van der Waals surface area (Å²) in [5, 5.41) is 8.70. The second-order valence-corrected chi connectivity index (χ2v) is 7.83. The molecule has 0 saturated carbocycles. The van der Waals surface area contributed by atoms with Gasteiger partial charge in [0.25, 0.3) is 5.91 Å². The van der Waals surface area contributed by atoms with Crippen LogP contribution in [0.2, 0.25) is 0 Å². The molecule has 1 unspecified atom stereocenters. The van der Waals surface area contributed by atoms with Crippen LogP contribution in [0, 0.1) is 0 Å². The van der Waals surface area contributed by atoms with Gasteiger partial charge >= 0.3 is 0 Å². The molecule has 4 rings (SSSR count). The predicted molar refractivity (Wildman–Crippen MR) is 119 cm³/mol. The fraction of sp³-hybridized carbons (Fsp3) is 0.333. The van der Waals surface area contributed by atoms with E-state index in [2.05, 4.69) is 40.7 Å². The van der Waals surface area contributed by atoms with Crippen molar-refractivity contribution in [1.29, 1.82) is 0 Å². The zero-order valence-electron chi connectivity index (χ0n) is 17.3. The third-order valence-corrected chi connectivity index (χ3v) is 5.66. The Morgan fingerprint density at radius 3 is 2.97 bits per heavy atom. The molecule has 2 aromatic carbocycles. The highest BCUT2D eigenvalue weighted by molar-refractivity contribution is 5.91. The van der Waals surface area contributed by atoms with E-state index in [0.29, 0.717) is 6.04 Å². The number of nitrogens with zero attached hydrogens (tertiary/aromatic N) is 3. The van der Waals surface area contributed by atoms with Gasteiger partial charge in [0.2, 0.25) is 0 Å². The van der Waals surface area contributed by atoms with Crippen LogP contribution in [0.4, 0.5) is 0 Å². The maximum atomic E-state index is 11.3. The van der Waals surface area contributed by atoms with Crippen LogP contribution in [-0.2, 0) is 4.79 Å². The van der Waals surface area contributed by atoms with Crippen molar-refractivity contribution in [3.05, 3.63) is 60.2 Å². The van der Waals surface area contributed by atoms with Gasteiger partial charge in [0.05, 0.1) is 11.0 Å². The minimum absolute atomic E-state index is 0.382. The highest BCUT2D eigenvalue weighted by atomic mass is 16.5. The van der Waals surface area contributed by atoms with E-state index >= 15 is 0 Å². The van der Waals surface area contributed by atoms with Gasteiger partial charge in [-0.15, -0.1) is 0 Å². The number of fused-ring (bicyclic) bond motifs is 1. The molecule has 1 atom stereocenters. The van der Waals surface area contributed by atoms with Crippen molar-refractivity contribution in [3.63, 3.8) is 0 Å². The summed E-state index contributed by atoms with van der Waals surface area (Å²) in [6.45, 7) is 5.57. The molecule has 1 aliphatic rings. The first kappa shape index (κ1) is 20.3. The van der Waals surface area contributed by atoms with Crippen molar-refractivity contribution in [1.82, 2.24) is 19.9 Å². The van der Waals surface area contributed by atoms with E-state index in [1.807, 2.05) is 24.3 Å². The fourth-order valence-electron chi connectivity index (χ4n) is 4.37. The number of para-hydroxylation sites is 2. The van der Waals surface area contributed by atoms with Crippen LogP contribution >= 0.6 is 0 Å². The molecule has 30 heavy (non-hydrogen) atoms. The van der Waals surface area contributed by atoms with E-state index in [1.54, 1.807) is 11.6 Å². The molecular weight excluding hydrogens is 376 g/mol. The smallest absolute Gasteiger partial charge is 0.267 e. The molecule has 1 amide bonds. The van der Waals surface area contributed by atoms with Gasteiger partial charge in [-0.25, -0.2) is 10.5 Å². The number of imidazole rings is 1. The summed E-state index contributed by atoms with van der Waals surface area (Å²) in [6.07, 6.45) is 6.50. The summed E-state index contributed by atoms with van der Waals surface area (Å²) in [6, 6.07) is 16.7. The quantitative estimate of drug-likeness (QED) is 0.366. The van der Waals surface area contributed by atoms with Gasteiger partial charge in [-0.1, -0.05) is 37.3 Å². The maximum Gasteiger partial charge on any atom is 0.267 e. The van der Waals surface area contributed by atoms with Crippen LogP contribution in [0.15, 0.2) is 54.6 Å². The summed E-state index contributed by atoms with van der Waals surface area (Å²) in [5.41, 5.74) is 5.68. The maximum absolute atomic E-state index is 11.3. The Hall–Kier alpha value is -2.96. The minimum atomic E-state index is -0.550. The number of aromatic nitrogens is 2. The lowest BCUT2D eigenvalue weighted by atomic mass is 10.0. The largest absolute Gasteiger partial charge is 0.320 e. The van der Waals surface area contributed by atoms with Crippen LogP contribution in [0.1, 0.15) is 37.8 Å². The number of piperidine rings is 1. The van der Waals surface area contributed by atoms with Crippen molar-refractivity contribution in [2.45, 2.75) is 32.2 Å². The summed E-state index contributed by atoms with van der Waals surface area (Å²) in [5.74, 6) is 0.410. The van der Waals surface area contributed by atoms with Gasteiger partial charge in [-0.05, 0) is 62.2 Å². The van der Waals surface area contributed by atoms with Crippen molar-refractivity contribution < 1.29 is 10.0 Å². The molecule has 1 fully saturated rings. The van der Waals surface area contributed by atoms with E-state index in [9.17, 15) is 4.79 Å². The Balaban J connectivity index is 1.75. The molecule has 1 aliphatic heterocycles. The first-order valence-electron chi connectivity index (χ1n) is 10.6. The van der Waals surface area contributed by atoms with E-state index in [1.165, 1.54) is 25.5 Å². The minimum Gasteiger partial charge on any atom is -0.320 e. The zero-order valence-corrected chi connectivity index (χ0v) is 17.3.